The van der Waals surface area contributed by atoms with Crippen molar-refractivity contribution in [3.05, 3.63) is 52.9 Å². The Hall–Kier alpha value is -3.92. The number of aromatic nitrogens is 2. The third-order valence-corrected chi connectivity index (χ3v) is 5.57. The van der Waals surface area contributed by atoms with Gasteiger partial charge in [0.25, 0.3) is 5.89 Å². The van der Waals surface area contributed by atoms with Crippen molar-refractivity contribution >= 4 is 34.8 Å². The summed E-state index contributed by atoms with van der Waals surface area (Å²) in [5.41, 5.74) is 2.54. The quantitative estimate of drug-likeness (QED) is 0.610. The summed E-state index contributed by atoms with van der Waals surface area (Å²) in [5.74, 6) is 1.14. The lowest BCUT2D eigenvalue weighted by molar-refractivity contribution is -0.135. The maximum absolute atomic E-state index is 12.5. The van der Waals surface area contributed by atoms with Gasteiger partial charge in [0, 0.05) is 29.1 Å². The summed E-state index contributed by atoms with van der Waals surface area (Å²) < 4.78 is 16.1. The lowest BCUT2D eigenvalue weighted by Gasteiger charge is -2.21. The molecule has 0 atom stereocenters. The number of benzene rings is 2. The number of nitrogens with zero attached hydrogens (tertiary/aromatic N) is 4. The minimum Gasteiger partial charge on any atom is -0.454 e. The Balaban J connectivity index is 1.30. The van der Waals surface area contributed by atoms with Gasteiger partial charge in [0.05, 0.1) is 0 Å². The summed E-state index contributed by atoms with van der Waals surface area (Å²) >= 11 is 6.02. The number of carbonyl (C=O) groups is 2. The first-order valence-corrected chi connectivity index (χ1v) is 10.5. The van der Waals surface area contributed by atoms with Crippen molar-refractivity contribution in [1.82, 2.24) is 15.1 Å². The zero-order valence-electron chi connectivity index (χ0n) is 17.5. The molecule has 1 aromatic heterocycles. The van der Waals surface area contributed by atoms with Gasteiger partial charge in [-0.15, -0.1) is 0 Å². The van der Waals surface area contributed by atoms with Crippen LogP contribution in [0.1, 0.15) is 24.3 Å². The molecule has 11 heteroatoms. The van der Waals surface area contributed by atoms with E-state index in [4.69, 9.17) is 25.6 Å². The lowest BCUT2D eigenvalue weighted by Crippen LogP contribution is -2.38. The third kappa shape index (κ3) is 4.37. The highest BCUT2D eigenvalue weighted by Gasteiger charge is 2.27. The van der Waals surface area contributed by atoms with Crippen LogP contribution in [-0.4, -0.2) is 46.0 Å². The molecular formula is C22H18ClN5O5. The SMILES string of the molecule is Cc1cc(NC(=O)CN2N=C(c3nc(-c4ccc5c(c4)OCO5)no3)CCC2=O)ccc1Cl. The Morgan fingerprint density at radius 1 is 1.15 bits per heavy atom. The number of hydrazone groups is 1. The van der Waals surface area contributed by atoms with Crippen LogP contribution in [0.4, 0.5) is 5.69 Å². The van der Waals surface area contributed by atoms with Crippen molar-refractivity contribution in [1.29, 1.82) is 0 Å². The Morgan fingerprint density at radius 3 is 2.85 bits per heavy atom. The van der Waals surface area contributed by atoms with Gasteiger partial charge in [-0.1, -0.05) is 16.8 Å². The Kier molecular flexibility index (Phi) is 5.43. The summed E-state index contributed by atoms with van der Waals surface area (Å²) in [5, 5.41) is 12.8. The van der Waals surface area contributed by atoms with Crippen LogP contribution in [0.5, 0.6) is 11.5 Å². The van der Waals surface area contributed by atoms with Crippen molar-refractivity contribution in [3.8, 4) is 22.9 Å². The summed E-state index contributed by atoms with van der Waals surface area (Å²) in [7, 11) is 0. The molecule has 5 rings (SSSR count). The van der Waals surface area contributed by atoms with Crippen LogP contribution in [0.15, 0.2) is 46.0 Å². The molecule has 168 valence electrons. The highest BCUT2D eigenvalue weighted by molar-refractivity contribution is 6.31. The van der Waals surface area contributed by atoms with Gasteiger partial charge in [0.15, 0.2) is 11.5 Å². The van der Waals surface area contributed by atoms with E-state index in [-0.39, 0.29) is 37.5 Å². The van der Waals surface area contributed by atoms with Crippen LogP contribution in [0.25, 0.3) is 11.4 Å². The van der Waals surface area contributed by atoms with Crippen molar-refractivity contribution in [2.24, 2.45) is 5.10 Å². The average Bonchev–Trinajstić information content (AvgIpc) is 3.47. The first-order valence-electron chi connectivity index (χ1n) is 10.1. The van der Waals surface area contributed by atoms with E-state index in [0.717, 1.165) is 10.6 Å². The lowest BCUT2D eigenvalue weighted by atomic mass is 10.1. The molecular weight excluding hydrogens is 450 g/mol. The smallest absolute Gasteiger partial charge is 0.274 e. The largest absolute Gasteiger partial charge is 0.454 e. The number of amides is 2. The van der Waals surface area contributed by atoms with Crippen LogP contribution in [-0.2, 0) is 9.59 Å². The molecule has 33 heavy (non-hydrogen) atoms. The summed E-state index contributed by atoms with van der Waals surface area (Å²) in [4.78, 5) is 29.2. The second-order valence-corrected chi connectivity index (χ2v) is 7.91. The van der Waals surface area contributed by atoms with Gasteiger partial charge in [-0.2, -0.15) is 10.1 Å². The number of rotatable bonds is 5. The molecule has 1 N–H and O–H groups in total. The van der Waals surface area contributed by atoms with Crippen LogP contribution in [0.2, 0.25) is 5.02 Å². The van der Waals surface area contributed by atoms with Crippen molar-refractivity contribution in [3.63, 3.8) is 0 Å². The van der Waals surface area contributed by atoms with E-state index < -0.39 is 0 Å². The van der Waals surface area contributed by atoms with Crippen LogP contribution >= 0.6 is 11.6 Å². The van der Waals surface area contributed by atoms with Gasteiger partial charge in [-0.25, -0.2) is 5.01 Å². The molecule has 0 spiro atoms. The summed E-state index contributed by atoms with van der Waals surface area (Å²) in [6.45, 7) is 1.76. The maximum atomic E-state index is 12.5. The number of aryl methyl sites for hydroxylation is 1. The normalized spacial score (nSPS) is 14.9. The molecule has 0 fully saturated rings. The molecule has 0 radical (unpaired) electrons. The minimum absolute atomic E-state index is 0.169. The number of ether oxygens (including phenoxy) is 2. The van der Waals surface area contributed by atoms with Gasteiger partial charge in [0.2, 0.25) is 24.4 Å². The van der Waals surface area contributed by atoms with E-state index in [2.05, 4.69) is 20.6 Å². The molecule has 0 bridgehead atoms. The highest BCUT2D eigenvalue weighted by Crippen LogP contribution is 2.35. The second-order valence-electron chi connectivity index (χ2n) is 7.50. The van der Waals surface area contributed by atoms with E-state index in [1.807, 2.05) is 6.92 Å². The molecule has 10 nitrogen and oxygen atoms in total. The summed E-state index contributed by atoms with van der Waals surface area (Å²) in [6.07, 6.45) is 0.504. The van der Waals surface area contributed by atoms with Crippen molar-refractivity contribution in [2.45, 2.75) is 19.8 Å². The molecule has 3 aromatic rings. The fourth-order valence-corrected chi connectivity index (χ4v) is 3.55. The van der Waals surface area contributed by atoms with E-state index in [9.17, 15) is 9.59 Å². The first kappa shape index (κ1) is 21.0. The molecule has 2 aromatic carbocycles. The number of halogens is 1. The van der Waals surface area contributed by atoms with Crippen molar-refractivity contribution < 1.29 is 23.6 Å². The Morgan fingerprint density at radius 2 is 2.00 bits per heavy atom. The number of nitrogens with one attached hydrogen (secondary N) is 1. The molecule has 2 amide bonds. The monoisotopic (exact) mass is 467 g/mol. The predicted molar refractivity (Wildman–Crippen MR) is 118 cm³/mol. The topological polar surface area (TPSA) is 119 Å². The fraction of sp³-hybridized carbons (Fsp3) is 0.227. The van der Waals surface area contributed by atoms with E-state index >= 15 is 0 Å². The number of hydrogen-bond donors (Lipinski definition) is 1. The average molecular weight is 468 g/mol. The number of hydrogen-bond acceptors (Lipinski definition) is 8. The zero-order valence-corrected chi connectivity index (χ0v) is 18.3. The molecule has 3 heterocycles. The standard InChI is InChI=1S/C22H18ClN5O5/c1-12-8-14(3-4-15(12)23)24-19(29)10-28-20(30)7-5-16(26-28)22-25-21(27-33-22)13-2-6-17-18(9-13)32-11-31-17/h2-4,6,8-9H,5,7,10-11H2,1H3,(H,24,29). The van der Waals surface area contributed by atoms with Crippen LogP contribution < -0.4 is 14.8 Å². The van der Waals surface area contributed by atoms with Crippen molar-refractivity contribution in [2.75, 3.05) is 18.7 Å². The van der Waals surface area contributed by atoms with Crippen LogP contribution in [0, 0.1) is 6.92 Å². The predicted octanol–water partition coefficient (Wildman–Crippen LogP) is 3.39. The summed E-state index contributed by atoms with van der Waals surface area (Å²) in [6, 6.07) is 10.5. The number of anilines is 1. The molecule has 0 unspecified atom stereocenters. The van der Waals surface area contributed by atoms with Gasteiger partial charge in [-0.05, 0) is 48.9 Å². The Bertz CT molecular complexity index is 1290. The van der Waals surface area contributed by atoms with E-state index in [1.165, 1.54) is 0 Å². The molecule has 0 saturated heterocycles. The minimum atomic E-state index is -0.387. The van der Waals surface area contributed by atoms with Crippen LogP contribution in [0.3, 0.4) is 0 Å². The highest BCUT2D eigenvalue weighted by atomic mass is 35.5. The molecule has 0 aliphatic carbocycles. The number of carbonyl (C=O) groups excluding carboxylic acids is 2. The van der Waals surface area contributed by atoms with E-state index in [1.54, 1.807) is 36.4 Å². The van der Waals surface area contributed by atoms with Gasteiger partial charge >= 0.3 is 0 Å². The first-order chi connectivity index (χ1) is 16.0. The van der Waals surface area contributed by atoms with Gasteiger partial charge in [-0.3, -0.25) is 9.59 Å². The fourth-order valence-electron chi connectivity index (χ4n) is 3.43. The van der Waals surface area contributed by atoms with Gasteiger partial charge in [0.1, 0.15) is 12.3 Å². The molecule has 2 aliphatic rings. The molecule has 2 aliphatic heterocycles. The number of fused-ring (bicyclic) bond motifs is 1. The van der Waals surface area contributed by atoms with E-state index in [0.29, 0.717) is 45.7 Å². The third-order valence-electron chi connectivity index (χ3n) is 5.14. The maximum Gasteiger partial charge on any atom is 0.274 e. The van der Waals surface area contributed by atoms with Gasteiger partial charge < -0.3 is 19.3 Å². The zero-order chi connectivity index (χ0) is 22.9. The Labute approximate surface area is 193 Å². The second kappa shape index (κ2) is 8.55. The molecule has 0 saturated carbocycles.